The molecule has 1 unspecified atom stereocenters. The molecule has 0 radical (unpaired) electrons. The van der Waals surface area contributed by atoms with Crippen LogP contribution in [0.15, 0.2) is 42.5 Å². The van der Waals surface area contributed by atoms with Crippen molar-refractivity contribution >= 4 is 11.6 Å². The van der Waals surface area contributed by atoms with E-state index in [0.29, 0.717) is 11.1 Å². The van der Waals surface area contributed by atoms with Gasteiger partial charge in [-0.25, -0.2) is 0 Å². The highest BCUT2D eigenvalue weighted by atomic mass is 16.3. The summed E-state index contributed by atoms with van der Waals surface area (Å²) >= 11 is 0. The minimum atomic E-state index is -1.41. The van der Waals surface area contributed by atoms with Crippen molar-refractivity contribution in [1.82, 2.24) is 0 Å². The first kappa shape index (κ1) is 22.4. The Morgan fingerprint density at radius 3 is 1.73 bits per heavy atom. The molecule has 4 nitrogen and oxygen atoms in total. The van der Waals surface area contributed by atoms with Crippen LogP contribution in [0.4, 0.5) is 0 Å². The lowest BCUT2D eigenvalue weighted by Crippen LogP contribution is -2.31. The van der Waals surface area contributed by atoms with Crippen molar-refractivity contribution in [1.29, 1.82) is 0 Å². The van der Waals surface area contributed by atoms with E-state index in [9.17, 15) is 19.8 Å². The molecule has 0 bridgehead atoms. The highest BCUT2D eigenvalue weighted by Crippen LogP contribution is 2.53. The van der Waals surface area contributed by atoms with Gasteiger partial charge in [0.05, 0.1) is 0 Å². The summed E-state index contributed by atoms with van der Waals surface area (Å²) in [6, 6.07) is 13.2. The monoisotopic (exact) mass is 408 g/mol. The third-order valence-electron chi connectivity index (χ3n) is 6.30. The van der Waals surface area contributed by atoms with Crippen LogP contribution in [0.3, 0.4) is 0 Å². The van der Waals surface area contributed by atoms with E-state index in [2.05, 4.69) is 20.8 Å². The molecule has 1 aliphatic rings. The van der Waals surface area contributed by atoms with Gasteiger partial charge in [-0.1, -0.05) is 57.2 Å². The van der Waals surface area contributed by atoms with Crippen LogP contribution in [0, 0.1) is 0 Å². The molecule has 3 rings (SSSR count). The molecule has 0 saturated carbocycles. The zero-order valence-corrected chi connectivity index (χ0v) is 19.0. The molecule has 0 aromatic heterocycles. The maximum atomic E-state index is 12.6. The second-order valence-corrected chi connectivity index (χ2v) is 10.5. The van der Waals surface area contributed by atoms with Crippen LogP contribution >= 0.6 is 0 Å². The Labute approximate surface area is 179 Å². The maximum Gasteiger partial charge on any atom is 0.193 e. The molecule has 1 aliphatic carbocycles. The van der Waals surface area contributed by atoms with Crippen LogP contribution < -0.4 is 0 Å². The Kier molecular flexibility index (Phi) is 5.12. The summed E-state index contributed by atoms with van der Waals surface area (Å²) < 4.78 is 0. The van der Waals surface area contributed by atoms with Gasteiger partial charge in [-0.15, -0.1) is 0 Å². The molecule has 0 fully saturated rings. The Morgan fingerprint density at radius 1 is 0.767 bits per heavy atom. The van der Waals surface area contributed by atoms with Crippen molar-refractivity contribution in [2.45, 2.75) is 76.9 Å². The predicted octanol–water partition coefficient (Wildman–Crippen LogP) is 4.58. The van der Waals surface area contributed by atoms with Gasteiger partial charge < -0.3 is 10.2 Å². The zero-order valence-electron chi connectivity index (χ0n) is 19.0. The molecule has 4 heteroatoms. The van der Waals surface area contributed by atoms with E-state index in [0.717, 1.165) is 23.1 Å². The number of carbonyl (C=O) groups is 2. The van der Waals surface area contributed by atoms with Crippen molar-refractivity contribution in [3.8, 4) is 0 Å². The highest BCUT2D eigenvalue weighted by molar-refractivity contribution is 6.02. The molecule has 0 spiro atoms. The molecule has 0 heterocycles. The normalized spacial score (nSPS) is 20.7. The molecule has 160 valence electrons. The van der Waals surface area contributed by atoms with Crippen molar-refractivity contribution in [2.24, 2.45) is 0 Å². The van der Waals surface area contributed by atoms with E-state index in [1.165, 1.54) is 27.7 Å². The van der Waals surface area contributed by atoms with Crippen LogP contribution in [0.1, 0.15) is 92.3 Å². The first-order valence-corrected chi connectivity index (χ1v) is 10.4. The number of fused-ring (bicyclic) bond motifs is 1. The molecule has 30 heavy (non-hydrogen) atoms. The number of hydrogen-bond acceptors (Lipinski definition) is 4. The molecular weight excluding hydrogens is 376 g/mol. The molecule has 0 aliphatic heterocycles. The number of ketones is 2. The SMILES string of the molecule is CC(C)(O)C(=O)c1ccc(C2(C)CC(C)(C)c3cc(C(=O)C(C)(C)O)ccc32)cc1. The van der Waals surface area contributed by atoms with Gasteiger partial charge >= 0.3 is 0 Å². The number of hydrogen-bond donors (Lipinski definition) is 2. The van der Waals surface area contributed by atoms with Gasteiger partial charge in [-0.05, 0) is 62.3 Å². The van der Waals surface area contributed by atoms with E-state index in [4.69, 9.17) is 0 Å². The number of Topliss-reactive ketones (excluding diaryl/α,β-unsaturated/α-hetero) is 2. The summed E-state index contributed by atoms with van der Waals surface area (Å²) in [5.74, 6) is -0.592. The topological polar surface area (TPSA) is 74.6 Å². The molecule has 2 aromatic carbocycles. The second kappa shape index (κ2) is 6.86. The lowest BCUT2D eigenvalue weighted by molar-refractivity contribution is 0.0487. The van der Waals surface area contributed by atoms with Crippen LogP contribution in [-0.2, 0) is 10.8 Å². The average Bonchev–Trinajstić information content (AvgIpc) is 2.85. The lowest BCUT2D eigenvalue weighted by Gasteiger charge is -2.29. The maximum absolute atomic E-state index is 12.6. The highest BCUT2D eigenvalue weighted by Gasteiger charge is 2.46. The lowest BCUT2D eigenvalue weighted by atomic mass is 9.74. The standard InChI is InChI=1S/C26H32O4/c1-23(2)15-26(7,18-11-8-16(9-12-18)21(27)24(3,4)29)19-13-10-17(14-20(19)23)22(28)25(5,6)30/h8-14,29-30H,15H2,1-7H3. The fourth-order valence-electron chi connectivity index (χ4n) is 4.75. The fraction of sp³-hybridized carbons (Fsp3) is 0.462. The van der Waals surface area contributed by atoms with Crippen LogP contribution in [-0.4, -0.2) is 33.0 Å². The van der Waals surface area contributed by atoms with Crippen LogP contribution in [0.25, 0.3) is 0 Å². The Morgan fingerprint density at radius 2 is 1.23 bits per heavy atom. The molecular formula is C26H32O4. The van der Waals surface area contributed by atoms with Gasteiger partial charge in [0.1, 0.15) is 11.2 Å². The van der Waals surface area contributed by atoms with E-state index in [1.807, 2.05) is 24.3 Å². The number of carbonyl (C=O) groups excluding carboxylic acids is 2. The zero-order chi connectivity index (χ0) is 22.7. The third-order valence-corrected chi connectivity index (χ3v) is 6.30. The quantitative estimate of drug-likeness (QED) is 0.710. The van der Waals surface area contributed by atoms with Crippen molar-refractivity contribution < 1.29 is 19.8 Å². The summed E-state index contributed by atoms with van der Waals surface area (Å²) in [4.78, 5) is 24.9. The Balaban J connectivity index is 2.05. The third kappa shape index (κ3) is 3.75. The molecule has 0 saturated heterocycles. The van der Waals surface area contributed by atoms with Gasteiger partial charge in [0.25, 0.3) is 0 Å². The van der Waals surface area contributed by atoms with E-state index < -0.39 is 11.2 Å². The minimum absolute atomic E-state index is 0.151. The van der Waals surface area contributed by atoms with Crippen molar-refractivity contribution in [3.63, 3.8) is 0 Å². The fourth-order valence-corrected chi connectivity index (χ4v) is 4.75. The molecule has 0 amide bonds. The van der Waals surface area contributed by atoms with Gasteiger partial charge in [-0.3, -0.25) is 9.59 Å². The van der Waals surface area contributed by atoms with Gasteiger partial charge in [0, 0.05) is 16.5 Å². The number of rotatable bonds is 5. The summed E-state index contributed by atoms with van der Waals surface area (Å²) in [5, 5.41) is 20.1. The van der Waals surface area contributed by atoms with Crippen LogP contribution in [0.2, 0.25) is 0 Å². The Hall–Kier alpha value is -2.30. The molecule has 1 atom stereocenters. The summed E-state index contributed by atoms with van der Waals surface area (Å²) in [5.41, 5.74) is 1.11. The van der Waals surface area contributed by atoms with E-state index in [-0.39, 0.29) is 22.4 Å². The Bertz CT molecular complexity index is 1000. The van der Waals surface area contributed by atoms with Crippen LogP contribution in [0.5, 0.6) is 0 Å². The largest absolute Gasteiger partial charge is 0.382 e. The summed E-state index contributed by atoms with van der Waals surface area (Å²) in [7, 11) is 0. The first-order valence-electron chi connectivity index (χ1n) is 10.4. The average molecular weight is 409 g/mol. The second-order valence-electron chi connectivity index (χ2n) is 10.5. The number of benzene rings is 2. The molecule has 2 N–H and O–H groups in total. The first-order chi connectivity index (χ1) is 13.6. The summed E-state index contributed by atoms with van der Waals surface area (Å²) in [6.45, 7) is 12.5. The molecule has 2 aromatic rings. The van der Waals surface area contributed by atoms with E-state index in [1.54, 1.807) is 18.2 Å². The van der Waals surface area contributed by atoms with Gasteiger partial charge in [0.2, 0.25) is 0 Å². The van der Waals surface area contributed by atoms with E-state index >= 15 is 0 Å². The summed E-state index contributed by atoms with van der Waals surface area (Å²) in [6.07, 6.45) is 0.855. The predicted molar refractivity (Wildman–Crippen MR) is 118 cm³/mol. The van der Waals surface area contributed by atoms with Crippen molar-refractivity contribution in [2.75, 3.05) is 0 Å². The smallest absolute Gasteiger partial charge is 0.193 e. The minimum Gasteiger partial charge on any atom is -0.382 e. The number of aliphatic hydroxyl groups is 2. The van der Waals surface area contributed by atoms with Gasteiger partial charge in [0.15, 0.2) is 11.6 Å². The van der Waals surface area contributed by atoms with Gasteiger partial charge in [-0.2, -0.15) is 0 Å². The van der Waals surface area contributed by atoms with Crippen molar-refractivity contribution in [3.05, 3.63) is 70.3 Å².